The average Bonchev–Trinajstić information content (AvgIpc) is 1.64. The Kier molecular flexibility index (Phi) is 3.78. The zero-order chi connectivity index (χ0) is 6.73. The van der Waals surface area contributed by atoms with Crippen molar-refractivity contribution in [3.63, 3.8) is 0 Å². The highest BCUT2D eigenvalue weighted by Crippen LogP contribution is 2.14. The van der Waals surface area contributed by atoms with E-state index in [1.807, 2.05) is 0 Å². The van der Waals surface area contributed by atoms with Crippen LogP contribution < -0.4 is 0 Å². The van der Waals surface area contributed by atoms with Gasteiger partial charge in [0.25, 0.3) is 0 Å². The van der Waals surface area contributed by atoms with Crippen LogP contribution in [0.3, 0.4) is 0 Å². The molecule has 0 aromatic carbocycles. The minimum atomic E-state index is -0.797. The molecule has 0 heterocycles. The fourth-order valence-electron chi connectivity index (χ4n) is 0.177. The van der Waals surface area contributed by atoms with Crippen LogP contribution in [-0.4, -0.2) is 16.0 Å². The first-order valence-electron chi connectivity index (χ1n) is 1.98. The van der Waals surface area contributed by atoms with Crippen molar-refractivity contribution >= 4 is 40.6 Å². The molecule has 8 heavy (non-hydrogen) atoms. The first-order chi connectivity index (χ1) is 3.55. The minimum Gasteiger partial charge on any atom is -0.298 e. The van der Waals surface area contributed by atoms with E-state index in [0.717, 1.165) is 0 Å². The third-order valence-corrected chi connectivity index (χ3v) is 1.93. The lowest BCUT2D eigenvalue weighted by molar-refractivity contribution is -0.116. The molecule has 0 aliphatic carbocycles. The van der Waals surface area contributed by atoms with Gasteiger partial charge >= 0.3 is 0 Å². The monoisotopic (exact) mass is 174 g/mol. The predicted octanol–water partition coefficient (Wildman–Crippen LogP) is 1.99. The predicted molar refractivity (Wildman–Crippen MR) is 35.8 cm³/mol. The highest BCUT2D eigenvalue weighted by Gasteiger charge is 2.17. The molecule has 0 aliphatic heterocycles. The van der Waals surface area contributed by atoms with Crippen LogP contribution in [0.1, 0.15) is 6.92 Å². The van der Waals surface area contributed by atoms with Gasteiger partial charge in [-0.25, -0.2) is 0 Å². The average molecular weight is 175 g/mol. The Morgan fingerprint density at radius 1 is 1.38 bits per heavy atom. The molecule has 0 aliphatic rings. The molecule has 0 rings (SSSR count). The molecule has 4 heteroatoms. The van der Waals surface area contributed by atoms with E-state index < -0.39 is 10.2 Å². The first-order valence-corrected chi connectivity index (χ1v) is 3.29. The number of rotatable bonds is 2. The van der Waals surface area contributed by atoms with Crippen LogP contribution in [0, 0.1) is 0 Å². The highest BCUT2D eigenvalue weighted by molar-refractivity contribution is 6.51. The normalized spacial score (nSPS) is 14.1. The van der Waals surface area contributed by atoms with Crippen LogP contribution in [-0.2, 0) is 4.79 Å². The van der Waals surface area contributed by atoms with E-state index in [1.165, 1.54) is 6.92 Å². The number of Topliss-reactive ketones (excluding diaryl/α,β-unsaturated/α-hetero) is 1. The fraction of sp³-hybridized carbons (Fsp3) is 0.750. The molecule has 0 spiro atoms. The summed E-state index contributed by atoms with van der Waals surface area (Å²) in [5, 5.41) is -0.765. The van der Waals surface area contributed by atoms with Gasteiger partial charge in [0.1, 0.15) is 16.0 Å². The Labute approximate surface area is 62.9 Å². The highest BCUT2D eigenvalue weighted by atomic mass is 35.5. The summed E-state index contributed by atoms with van der Waals surface area (Å²) in [4.78, 5) is 9.49. The number of alkyl halides is 3. The van der Waals surface area contributed by atoms with Crippen molar-refractivity contribution in [2.24, 2.45) is 0 Å². The van der Waals surface area contributed by atoms with E-state index in [4.69, 9.17) is 34.8 Å². The summed E-state index contributed by atoms with van der Waals surface area (Å²) in [5.74, 6) is -0.207. The third kappa shape index (κ3) is 2.75. The van der Waals surface area contributed by atoms with Gasteiger partial charge in [-0.1, -0.05) is 0 Å². The lowest BCUT2D eigenvalue weighted by Crippen LogP contribution is -2.17. The van der Waals surface area contributed by atoms with E-state index in [2.05, 4.69) is 0 Å². The Morgan fingerprint density at radius 2 is 1.75 bits per heavy atom. The summed E-state index contributed by atoms with van der Waals surface area (Å²) in [6.07, 6.45) is 0. The quantitative estimate of drug-likeness (QED) is 0.587. The van der Waals surface area contributed by atoms with Gasteiger partial charge in [-0.05, 0) is 6.92 Å². The summed E-state index contributed by atoms with van der Waals surface area (Å²) in [7, 11) is 0. The van der Waals surface area contributed by atoms with Crippen LogP contribution in [0.4, 0.5) is 0 Å². The van der Waals surface area contributed by atoms with Gasteiger partial charge in [0.15, 0.2) is 0 Å². The molecular formula is C4H5Cl3O. The van der Waals surface area contributed by atoms with Gasteiger partial charge in [0.2, 0.25) is 0 Å². The summed E-state index contributed by atoms with van der Waals surface area (Å²) in [6, 6.07) is 0. The molecule has 1 atom stereocenters. The second kappa shape index (κ2) is 3.54. The molecule has 1 nitrogen and oxygen atoms in total. The van der Waals surface area contributed by atoms with Crippen LogP contribution in [0.25, 0.3) is 0 Å². The standard InChI is InChI=1S/C4H5Cl3O/c1-2(8)3(5)4(6)7/h3-4H,1H3. The lowest BCUT2D eigenvalue weighted by Gasteiger charge is -2.02. The van der Waals surface area contributed by atoms with Crippen molar-refractivity contribution in [3.05, 3.63) is 0 Å². The van der Waals surface area contributed by atoms with Crippen molar-refractivity contribution in [2.75, 3.05) is 0 Å². The van der Waals surface area contributed by atoms with Gasteiger partial charge in [-0.2, -0.15) is 0 Å². The second-order valence-electron chi connectivity index (χ2n) is 1.35. The van der Waals surface area contributed by atoms with Crippen LogP contribution >= 0.6 is 34.8 Å². The van der Waals surface area contributed by atoms with Crippen LogP contribution in [0.5, 0.6) is 0 Å². The maximum Gasteiger partial charge on any atom is 0.150 e. The summed E-state index contributed by atoms with van der Waals surface area (Å²) in [5.41, 5.74) is 0. The smallest absolute Gasteiger partial charge is 0.150 e. The maximum absolute atomic E-state index is 10.3. The molecule has 0 bridgehead atoms. The second-order valence-corrected chi connectivity index (χ2v) is 2.98. The fourth-order valence-corrected chi connectivity index (χ4v) is 0.532. The first kappa shape index (κ1) is 8.54. The van der Waals surface area contributed by atoms with Gasteiger partial charge in [0.05, 0.1) is 0 Å². The van der Waals surface area contributed by atoms with E-state index >= 15 is 0 Å². The van der Waals surface area contributed by atoms with Gasteiger partial charge in [-0.15, -0.1) is 34.8 Å². The lowest BCUT2D eigenvalue weighted by atomic mass is 10.3. The van der Waals surface area contributed by atoms with E-state index in [9.17, 15) is 4.79 Å². The number of halogens is 3. The minimum absolute atomic E-state index is 0.207. The van der Waals surface area contributed by atoms with Crippen molar-refractivity contribution in [1.29, 1.82) is 0 Å². The number of hydrogen-bond donors (Lipinski definition) is 0. The molecule has 0 amide bonds. The summed E-state index contributed by atoms with van der Waals surface area (Å²) in [6.45, 7) is 1.34. The molecule has 48 valence electrons. The Hall–Kier alpha value is 0.540. The van der Waals surface area contributed by atoms with Gasteiger partial charge < -0.3 is 0 Å². The molecule has 0 fully saturated rings. The molecule has 0 aromatic heterocycles. The largest absolute Gasteiger partial charge is 0.298 e. The van der Waals surface area contributed by atoms with Gasteiger partial charge in [0, 0.05) is 0 Å². The molecular weight excluding hydrogens is 170 g/mol. The van der Waals surface area contributed by atoms with E-state index in [1.54, 1.807) is 0 Å². The molecule has 0 aromatic rings. The number of carbonyl (C=O) groups excluding carboxylic acids is 1. The molecule has 0 saturated heterocycles. The Morgan fingerprint density at radius 3 is 1.75 bits per heavy atom. The number of carbonyl (C=O) groups is 1. The summed E-state index contributed by atoms with van der Waals surface area (Å²) >= 11 is 15.8. The molecule has 0 saturated carbocycles. The zero-order valence-corrected chi connectivity index (χ0v) is 6.46. The van der Waals surface area contributed by atoms with Crippen molar-refractivity contribution in [2.45, 2.75) is 17.1 Å². The van der Waals surface area contributed by atoms with Crippen molar-refractivity contribution < 1.29 is 4.79 Å². The van der Waals surface area contributed by atoms with E-state index in [0.29, 0.717) is 0 Å². The zero-order valence-electron chi connectivity index (χ0n) is 4.20. The maximum atomic E-state index is 10.3. The summed E-state index contributed by atoms with van der Waals surface area (Å²) < 4.78 is 0. The van der Waals surface area contributed by atoms with Crippen molar-refractivity contribution in [3.8, 4) is 0 Å². The third-order valence-electron chi connectivity index (χ3n) is 0.610. The number of ketones is 1. The SMILES string of the molecule is CC(=O)C(Cl)C(Cl)Cl. The topological polar surface area (TPSA) is 17.1 Å². The van der Waals surface area contributed by atoms with Crippen molar-refractivity contribution in [1.82, 2.24) is 0 Å². The molecule has 1 unspecified atom stereocenters. The van der Waals surface area contributed by atoms with Crippen LogP contribution in [0.2, 0.25) is 0 Å². The van der Waals surface area contributed by atoms with Crippen LogP contribution in [0.15, 0.2) is 0 Å². The number of hydrogen-bond acceptors (Lipinski definition) is 1. The molecule has 0 N–H and O–H groups in total. The molecule has 0 radical (unpaired) electrons. The van der Waals surface area contributed by atoms with E-state index in [-0.39, 0.29) is 5.78 Å². The Balaban J connectivity index is 3.64. The Bertz CT molecular complexity index is 91.3. The van der Waals surface area contributed by atoms with Gasteiger partial charge in [-0.3, -0.25) is 4.79 Å².